The molecule has 0 bridgehead atoms. The van der Waals surface area contributed by atoms with Crippen molar-refractivity contribution in [2.75, 3.05) is 12.8 Å². The monoisotopic (exact) mass is 205 g/mol. The quantitative estimate of drug-likeness (QED) is 0.752. The smallest absolute Gasteiger partial charge is 0.124 e. The Morgan fingerprint density at radius 3 is 2.60 bits per heavy atom. The minimum Gasteiger partial charge on any atom is -0.496 e. The van der Waals surface area contributed by atoms with Gasteiger partial charge in [-0.05, 0) is 30.9 Å². The van der Waals surface area contributed by atoms with Crippen LogP contribution >= 0.6 is 0 Å². The van der Waals surface area contributed by atoms with E-state index in [0.29, 0.717) is 5.92 Å². The summed E-state index contributed by atoms with van der Waals surface area (Å²) in [7, 11) is 1.72. The highest BCUT2D eigenvalue weighted by molar-refractivity contribution is 5.56. The fraction of sp³-hybridized carbons (Fsp3) is 0.538. The van der Waals surface area contributed by atoms with E-state index in [9.17, 15) is 0 Å². The molecule has 2 nitrogen and oxygen atoms in total. The van der Waals surface area contributed by atoms with E-state index in [1.54, 1.807) is 7.11 Å². The minimum absolute atomic E-state index is 0.606. The maximum atomic E-state index is 6.05. The number of nitrogens with two attached hydrogens (primary N) is 1. The predicted molar refractivity (Wildman–Crippen MR) is 63.2 cm³/mol. The van der Waals surface area contributed by atoms with E-state index in [0.717, 1.165) is 11.4 Å². The Balaban J connectivity index is 2.31. The Bertz CT molecular complexity index is 329. The molecular formula is C13H19NO. The van der Waals surface area contributed by atoms with Gasteiger partial charge in [-0.25, -0.2) is 0 Å². The number of nitrogen functional groups attached to an aromatic ring is 1. The van der Waals surface area contributed by atoms with Crippen LogP contribution in [0.25, 0.3) is 0 Å². The van der Waals surface area contributed by atoms with Crippen LogP contribution in [0.4, 0.5) is 5.69 Å². The van der Waals surface area contributed by atoms with Gasteiger partial charge in [0.05, 0.1) is 7.11 Å². The van der Waals surface area contributed by atoms with E-state index >= 15 is 0 Å². The van der Waals surface area contributed by atoms with Crippen molar-refractivity contribution in [3.8, 4) is 5.75 Å². The van der Waals surface area contributed by atoms with Crippen LogP contribution in [0, 0.1) is 0 Å². The second-order valence-corrected chi connectivity index (χ2v) is 4.30. The minimum atomic E-state index is 0.606. The average molecular weight is 205 g/mol. The fourth-order valence-electron chi connectivity index (χ4n) is 2.57. The lowest BCUT2D eigenvalue weighted by Gasteiger charge is -2.24. The Morgan fingerprint density at radius 1 is 1.20 bits per heavy atom. The van der Waals surface area contributed by atoms with Crippen LogP contribution in [0.5, 0.6) is 5.75 Å². The summed E-state index contributed by atoms with van der Waals surface area (Å²) in [5, 5.41) is 0. The number of hydrogen-bond acceptors (Lipinski definition) is 2. The number of rotatable bonds is 2. The van der Waals surface area contributed by atoms with Crippen LogP contribution in [0.2, 0.25) is 0 Å². The van der Waals surface area contributed by atoms with Crippen LogP contribution in [0.1, 0.15) is 43.6 Å². The van der Waals surface area contributed by atoms with Crippen LogP contribution in [0.15, 0.2) is 18.2 Å². The summed E-state index contributed by atoms with van der Waals surface area (Å²) in [5.41, 5.74) is 8.17. The molecule has 2 heteroatoms. The van der Waals surface area contributed by atoms with Crippen molar-refractivity contribution >= 4 is 5.69 Å². The summed E-state index contributed by atoms with van der Waals surface area (Å²) in [6.07, 6.45) is 6.52. The van der Waals surface area contributed by atoms with E-state index in [1.807, 2.05) is 18.2 Å². The van der Waals surface area contributed by atoms with Gasteiger partial charge in [0, 0.05) is 11.3 Å². The number of anilines is 1. The zero-order valence-electron chi connectivity index (χ0n) is 9.33. The molecule has 1 aliphatic rings. The van der Waals surface area contributed by atoms with Crippen molar-refractivity contribution in [2.45, 2.75) is 38.0 Å². The third-order valence-electron chi connectivity index (χ3n) is 3.33. The summed E-state index contributed by atoms with van der Waals surface area (Å²) in [6.45, 7) is 0. The Kier molecular flexibility index (Phi) is 3.14. The van der Waals surface area contributed by atoms with Gasteiger partial charge in [-0.1, -0.05) is 25.3 Å². The van der Waals surface area contributed by atoms with Crippen LogP contribution in [-0.4, -0.2) is 7.11 Å². The van der Waals surface area contributed by atoms with Crippen LogP contribution in [-0.2, 0) is 0 Å². The van der Waals surface area contributed by atoms with Gasteiger partial charge in [0.25, 0.3) is 0 Å². The van der Waals surface area contributed by atoms with E-state index in [4.69, 9.17) is 10.5 Å². The Hall–Kier alpha value is -1.18. The molecule has 0 aliphatic heterocycles. The Morgan fingerprint density at radius 2 is 1.93 bits per heavy atom. The summed E-state index contributed by atoms with van der Waals surface area (Å²) in [6, 6.07) is 5.95. The van der Waals surface area contributed by atoms with Crippen LogP contribution < -0.4 is 10.5 Å². The Labute approximate surface area is 91.4 Å². The van der Waals surface area contributed by atoms with Gasteiger partial charge in [-0.15, -0.1) is 0 Å². The van der Waals surface area contributed by atoms with Gasteiger partial charge in [-0.2, -0.15) is 0 Å². The first kappa shape index (κ1) is 10.3. The number of benzene rings is 1. The average Bonchev–Trinajstić information content (AvgIpc) is 2.29. The zero-order valence-corrected chi connectivity index (χ0v) is 9.33. The third-order valence-corrected chi connectivity index (χ3v) is 3.33. The second kappa shape index (κ2) is 4.56. The summed E-state index contributed by atoms with van der Waals surface area (Å²) >= 11 is 0. The van der Waals surface area contributed by atoms with Gasteiger partial charge in [-0.3, -0.25) is 0 Å². The highest BCUT2D eigenvalue weighted by Crippen LogP contribution is 2.40. The molecule has 1 aromatic carbocycles. The normalized spacial score (nSPS) is 17.7. The molecular weight excluding hydrogens is 186 g/mol. The maximum absolute atomic E-state index is 6.05. The molecule has 0 unspecified atom stereocenters. The summed E-state index contributed by atoms with van der Waals surface area (Å²) in [5.74, 6) is 1.57. The van der Waals surface area contributed by atoms with E-state index in [-0.39, 0.29) is 0 Å². The van der Waals surface area contributed by atoms with Gasteiger partial charge >= 0.3 is 0 Å². The second-order valence-electron chi connectivity index (χ2n) is 4.30. The molecule has 0 atom stereocenters. The van der Waals surface area contributed by atoms with Crippen molar-refractivity contribution in [2.24, 2.45) is 0 Å². The lowest BCUT2D eigenvalue weighted by Crippen LogP contribution is -2.08. The molecule has 2 rings (SSSR count). The molecule has 2 N–H and O–H groups in total. The number of ether oxygens (including phenoxy) is 1. The van der Waals surface area contributed by atoms with Crippen molar-refractivity contribution < 1.29 is 4.74 Å². The highest BCUT2D eigenvalue weighted by atomic mass is 16.5. The fourth-order valence-corrected chi connectivity index (χ4v) is 2.57. The molecule has 0 heterocycles. The van der Waals surface area contributed by atoms with Crippen molar-refractivity contribution in [3.05, 3.63) is 23.8 Å². The van der Waals surface area contributed by atoms with E-state index in [2.05, 4.69) is 0 Å². The van der Waals surface area contributed by atoms with Gasteiger partial charge in [0.2, 0.25) is 0 Å². The molecule has 1 aromatic rings. The third kappa shape index (κ3) is 2.09. The largest absolute Gasteiger partial charge is 0.496 e. The molecule has 0 spiro atoms. The number of methoxy groups -OCH3 is 1. The van der Waals surface area contributed by atoms with Crippen molar-refractivity contribution in [3.63, 3.8) is 0 Å². The van der Waals surface area contributed by atoms with Crippen LogP contribution in [0.3, 0.4) is 0 Å². The molecule has 0 aromatic heterocycles. The molecule has 0 amide bonds. The van der Waals surface area contributed by atoms with E-state index in [1.165, 1.54) is 37.7 Å². The first-order chi connectivity index (χ1) is 7.33. The molecule has 0 radical (unpaired) electrons. The molecule has 0 saturated heterocycles. The topological polar surface area (TPSA) is 35.2 Å². The zero-order chi connectivity index (χ0) is 10.7. The highest BCUT2D eigenvalue weighted by Gasteiger charge is 2.20. The molecule has 1 saturated carbocycles. The first-order valence-corrected chi connectivity index (χ1v) is 5.75. The molecule has 1 aliphatic carbocycles. The summed E-state index contributed by atoms with van der Waals surface area (Å²) < 4.78 is 5.40. The maximum Gasteiger partial charge on any atom is 0.124 e. The standard InChI is InChI=1S/C13H19NO/c1-15-12-9-5-8-11(14)13(12)10-6-3-2-4-7-10/h5,8-10H,2-4,6-7,14H2,1H3. The number of hydrogen-bond donors (Lipinski definition) is 1. The molecule has 82 valence electrons. The lowest BCUT2D eigenvalue weighted by atomic mass is 9.83. The van der Waals surface area contributed by atoms with E-state index < -0.39 is 0 Å². The van der Waals surface area contributed by atoms with Gasteiger partial charge in [0.15, 0.2) is 0 Å². The van der Waals surface area contributed by atoms with Gasteiger partial charge < -0.3 is 10.5 Å². The summed E-state index contributed by atoms with van der Waals surface area (Å²) in [4.78, 5) is 0. The molecule has 1 fully saturated rings. The van der Waals surface area contributed by atoms with Crippen molar-refractivity contribution in [1.29, 1.82) is 0 Å². The predicted octanol–water partition coefficient (Wildman–Crippen LogP) is 3.33. The molecule has 15 heavy (non-hydrogen) atoms. The van der Waals surface area contributed by atoms with Crippen molar-refractivity contribution in [1.82, 2.24) is 0 Å². The lowest BCUT2D eigenvalue weighted by molar-refractivity contribution is 0.388. The first-order valence-electron chi connectivity index (χ1n) is 5.75. The van der Waals surface area contributed by atoms with Gasteiger partial charge in [0.1, 0.15) is 5.75 Å². The SMILES string of the molecule is COc1cccc(N)c1C1CCCCC1.